The van der Waals surface area contributed by atoms with Crippen LogP contribution in [0, 0.1) is 11.6 Å². The largest absolute Gasteiger partial charge is 0.343 e. The van der Waals surface area contributed by atoms with Crippen LogP contribution >= 0.6 is 0 Å². The van der Waals surface area contributed by atoms with Gasteiger partial charge in [0.15, 0.2) is 0 Å². The van der Waals surface area contributed by atoms with Crippen molar-refractivity contribution >= 4 is 17.6 Å². The Kier molecular flexibility index (Phi) is 5.64. The zero-order valence-electron chi connectivity index (χ0n) is 15.8. The van der Waals surface area contributed by atoms with Gasteiger partial charge in [-0.2, -0.15) is 0 Å². The highest BCUT2D eigenvalue weighted by molar-refractivity contribution is 5.89. The smallest absolute Gasteiger partial charge is 0.322 e. The Labute approximate surface area is 158 Å². The molecule has 1 unspecified atom stereocenters. The van der Waals surface area contributed by atoms with Gasteiger partial charge in [0.05, 0.1) is 5.69 Å². The Morgan fingerprint density at radius 1 is 1.22 bits per heavy atom. The van der Waals surface area contributed by atoms with Crippen molar-refractivity contribution in [3.05, 3.63) is 29.8 Å². The van der Waals surface area contributed by atoms with Crippen LogP contribution in [0.4, 0.5) is 19.3 Å². The molecular formula is C19H26F2N4O2. The van der Waals surface area contributed by atoms with Crippen molar-refractivity contribution in [1.82, 2.24) is 14.7 Å². The van der Waals surface area contributed by atoms with Gasteiger partial charge in [0.2, 0.25) is 5.91 Å². The van der Waals surface area contributed by atoms with Gasteiger partial charge in [-0.3, -0.25) is 9.69 Å². The lowest BCUT2D eigenvalue weighted by Crippen LogP contribution is -2.62. The van der Waals surface area contributed by atoms with Gasteiger partial charge in [0.25, 0.3) is 0 Å². The standard InChI is InChI=1S/C19H26F2N4O2/c1-3-24-9-8-19(7-6-17(24)26)13-25(11-10-23(19)2)18(27)22-16-5-4-14(20)12-15(16)21/h4-5,12H,3,6-11,13H2,1-2H3,(H,22,27). The van der Waals surface area contributed by atoms with Crippen LogP contribution in [-0.2, 0) is 4.79 Å². The monoisotopic (exact) mass is 380 g/mol. The number of likely N-dealkylation sites (N-methyl/N-ethyl adjacent to an activating group) is 1. The van der Waals surface area contributed by atoms with Crippen LogP contribution < -0.4 is 5.32 Å². The molecular weight excluding hydrogens is 354 g/mol. The first kappa shape index (κ1) is 19.5. The minimum atomic E-state index is -0.800. The van der Waals surface area contributed by atoms with Gasteiger partial charge in [-0.1, -0.05) is 0 Å². The number of carbonyl (C=O) groups excluding carboxylic acids is 2. The maximum Gasteiger partial charge on any atom is 0.322 e. The number of likely N-dealkylation sites (tertiary alicyclic amines) is 1. The van der Waals surface area contributed by atoms with Gasteiger partial charge in [-0.25, -0.2) is 13.6 Å². The predicted octanol–water partition coefficient (Wildman–Crippen LogP) is 2.52. The Morgan fingerprint density at radius 2 is 2.00 bits per heavy atom. The zero-order valence-corrected chi connectivity index (χ0v) is 15.8. The van der Waals surface area contributed by atoms with Crippen LogP contribution in [0.15, 0.2) is 18.2 Å². The molecule has 0 aliphatic carbocycles. The SMILES string of the molecule is CCN1CCC2(CCC1=O)CN(C(=O)Nc1ccc(F)cc1F)CCN2C. The Hall–Kier alpha value is -2.22. The highest BCUT2D eigenvalue weighted by atomic mass is 19.1. The van der Waals surface area contributed by atoms with Crippen molar-refractivity contribution in [1.29, 1.82) is 0 Å². The van der Waals surface area contributed by atoms with Crippen LogP contribution in [0.3, 0.4) is 0 Å². The molecule has 8 heteroatoms. The lowest BCUT2D eigenvalue weighted by molar-refractivity contribution is -0.130. The molecule has 3 amide bonds. The number of anilines is 1. The minimum absolute atomic E-state index is 0.0393. The van der Waals surface area contributed by atoms with Gasteiger partial charge in [0.1, 0.15) is 11.6 Å². The Balaban J connectivity index is 1.72. The number of halogens is 2. The average molecular weight is 380 g/mol. The number of carbonyl (C=O) groups is 2. The van der Waals surface area contributed by atoms with Crippen molar-refractivity contribution in [3.63, 3.8) is 0 Å². The third-order valence-corrected chi connectivity index (χ3v) is 5.85. The minimum Gasteiger partial charge on any atom is -0.343 e. The lowest BCUT2D eigenvalue weighted by atomic mass is 9.86. The van der Waals surface area contributed by atoms with E-state index in [9.17, 15) is 18.4 Å². The number of urea groups is 1. The van der Waals surface area contributed by atoms with Crippen LogP contribution in [0.5, 0.6) is 0 Å². The molecule has 2 heterocycles. The van der Waals surface area contributed by atoms with E-state index in [0.29, 0.717) is 45.6 Å². The fourth-order valence-corrected chi connectivity index (χ4v) is 3.99. The summed E-state index contributed by atoms with van der Waals surface area (Å²) >= 11 is 0. The molecule has 0 bridgehead atoms. The second-order valence-electron chi connectivity index (χ2n) is 7.35. The van der Waals surface area contributed by atoms with E-state index in [2.05, 4.69) is 10.2 Å². The fraction of sp³-hybridized carbons (Fsp3) is 0.579. The first-order valence-corrected chi connectivity index (χ1v) is 9.34. The molecule has 2 saturated heterocycles. The van der Waals surface area contributed by atoms with Gasteiger partial charge in [-0.05, 0) is 38.9 Å². The second kappa shape index (κ2) is 7.80. The first-order chi connectivity index (χ1) is 12.8. The molecule has 0 saturated carbocycles. The van der Waals surface area contributed by atoms with E-state index < -0.39 is 17.7 Å². The zero-order chi connectivity index (χ0) is 19.6. The summed E-state index contributed by atoms with van der Waals surface area (Å²) in [5, 5.41) is 2.54. The normalized spacial score (nSPS) is 24.2. The molecule has 1 spiro atoms. The first-order valence-electron chi connectivity index (χ1n) is 9.34. The molecule has 2 aliphatic heterocycles. The summed E-state index contributed by atoms with van der Waals surface area (Å²) in [6.45, 7) is 4.99. The number of hydrogen-bond acceptors (Lipinski definition) is 3. The van der Waals surface area contributed by atoms with Crippen molar-refractivity contribution in [2.24, 2.45) is 0 Å². The van der Waals surface area contributed by atoms with Crippen LogP contribution in [0.1, 0.15) is 26.2 Å². The van der Waals surface area contributed by atoms with Crippen LogP contribution in [0.2, 0.25) is 0 Å². The van der Waals surface area contributed by atoms with Crippen LogP contribution in [-0.4, -0.2) is 71.9 Å². The summed E-state index contributed by atoms with van der Waals surface area (Å²) < 4.78 is 26.9. The van der Waals surface area contributed by atoms with Crippen molar-refractivity contribution < 1.29 is 18.4 Å². The number of nitrogens with zero attached hydrogens (tertiary/aromatic N) is 3. The van der Waals surface area contributed by atoms with E-state index in [-0.39, 0.29) is 17.1 Å². The van der Waals surface area contributed by atoms with E-state index in [4.69, 9.17) is 0 Å². The van der Waals surface area contributed by atoms with E-state index in [1.165, 1.54) is 6.07 Å². The highest BCUT2D eigenvalue weighted by Crippen LogP contribution is 2.32. The molecule has 148 valence electrons. The quantitative estimate of drug-likeness (QED) is 0.858. The average Bonchev–Trinajstić information content (AvgIpc) is 2.79. The number of benzene rings is 1. The molecule has 0 radical (unpaired) electrons. The maximum atomic E-state index is 13.8. The van der Waals surface area contributed by atoms with E-state index >= 15 is 0 Å². The summed E-state index contributed by atoms with van der Waals surface area (Å²) in [5.74, 6) is -1.34. The maximum absolute atomic E-state index is 13.8. The van der Waals surface area contributed by atoms with Crippen molar-refractivity contribution in [3.8, 4) is 0 Å². The second-order valence-corrected chi connectivity index (χ2v) is 7.35. The lowest BCUT2D eigenvalue weighted by Gasteiger charge is -2.49. The highest BCUT2D eigenvalue weighted by Gasteiger charge is 2.43. The summed E-state index contributed by atoms with van der Waals surface area (Å²) in [6.07, 6.45) is 1.94. The summed E-state index contributed by atoms with van der Waals surface area (Å²) in [4.78, 5) is 30.7. The molecule has 6 nitrogen and oxygen atoms in total. The fourth-order valence-electron chi connectivity index (χ4n) is 3.99. The van der Waals surface area contributed by atoms with E-state index in [0.717, 1.165) is 18.6 Å². The van der Waals surface area contributed by atoms with Crippen LogP contribution in [0.25, 0.3) is 0 Å². The molecule has 0 aromatic heterocycles. The number of amides is 3. The van der Waals surface area contributed by atoms with E-state index in [1.807, 2.05) is 18.9 Å². The Bertz CT molecular complexity index is 730. The number of hydrogen-bond donors (Lipinski definition) is 1. The third kappa shape index (κ3) is 4.05. The molecule has 2 fully saturated rings. The summed E-state index contributed by atoms with van der Waals surface area (Å²) in [5.41, 5.74) is -0.307. The van der Waals surface area contributed by atoms with E-state index in [1.54, 1.807) is 4.90 Å². The molecule has 27 heavy (non-hydrogen) atoms. The molecule has 3 rings (SSSR count). The topological polar surface area (TPSA) is 55.9 Å². The number of rotatable bonds is 2. The van der Waals surface area contributed by atoms with Gasteiger partial charge < -0.3 is 15.1 Å². The number of nitrogens with one attached hydrogen (secondary N) is 1. The van der Waals surface area contributed by atoms with Crippen molar-refractivity contribution in [2.45, 2.75) is 31.7 Å². The molecule has 1 aromatic carbocycles. The predicted molar refractivity (Wildman–Crippen MR) is 98.4 cm³/mol. The van der Waals surface area contributed by atoms with Crippen molar-refractivity contribution in [2.75, 3.05) is 45.1 Å². The Morgan fingerprint density at radius 3 is 2.70 bits per heavy atom. The van der Waals surface area contributed by atoms with Gasteiger partial charge >= 0.3 is 6.03 Å². The summed E-state index contributed by atoms with van der Waals surface area (Å²) in [7, 11) is 2.03. The summed E-state index contributed by atoms with van der Waals surface area (Å²) in [6, 6.07) is 2.67. The third-order valence-electron chi connectivity index (χ3n) is 5.85. The number of piperazine rings is 1. The van der Waals surface area contributed by atoms with Gasteiger partial charge in [0, 0.05) is 50.7 Å². The molecule has 1 N–H and O–H groups in total. The molecule has 1 atom stereocenters. The molecule has 2 aliphatic rings. The van der Waals surface area contributed by atoms with Gasteiger partial charge in [-0.15, -0.1) is 0 Å². The molecule has 1 aromatic rings.